The summed E-state index contributed by atoms with van der Waals surface area (Å²) in [7, 11) is 0. The van der Waals surface area contributed by atoms with E-state index in [1.54, 1.807) is 0 Å². The first-order chi connectivity index (χ1) is 8.41. The summed E-state index contributed by atoms with van der Waals surface area (Å²) in [5.74, 6) is 1.12. The molecule has 0 spiro atoms. The molecule has 3 unspecified atom stereocenters. The zero-order valence-corrected chi connectivity index (χ0v) is 11.4. The number of carbonyl (C=O) groups is 1. The molecule has 1 aliphatic carbocycles. The molecule has 1 aromatic heterocycles. The third-order valence-corrected chi connectivity index (χ3v) is 3.86. The maximum absolute atomic E-state index is 11.4. The van der Waals surface area contributed by atoms with Crippen LogP contribution in [-0.4, -0.2) is 25.8 Å². The van der Waals surface area contributed by atoms with Gasteiger partial charge < -0.3 is 9.67 Å². The second kappa shape index (κ2) is 4.71. The fourth-order valence-corrected chi connectivity index (χ4v) is 3.13. The Kier molecular flexibility index (Phi) is 3.41. The molecule has 1 heterocycles. The molecule has 1 aromatic rings. The molecule has 0 aliphatic heterocycles. The average Bonchev–Trinajstić information content (AvgIpc) is 2.81. The Morgan fingerprint density at radius 1 is 1.39 bits per heavy atom. The number of aliphatic carboxylic acids is 1. The molecule has 2 rings (SSSR count). The minimum atomic E-state index is -0.708. The Bertz CT molecular complexity index is 453. The molecule has 5 heteroatoms. The van der Waals surface area contributed by atoms with Gasteiger partial charge in [0.05, 0.1) is 5.92 Å². The smallest absolute Gasteiger partial charge is 0.307 e. The normalized spacial score (nSPS) is 27.9. The minimum absolute atomic E-state index is 0.00102. The van der Waals surface area contributed by atoms with Crippen molar-refractivity contribution in [2.24, 2.45) is 11.8 Å². The van der Waals surface area contributed by atoms with Crippen LogP contribution in [0.2, 0.25) is 0 Å². The summed E-state index contributed by atoms with van der Waals surface area (Å²) in [6.45, 7) is 8.19. The predicted octanol–water partition coefficient (Wildman–Crippen LogP) is 2.38. The lowest BCUT2D eigenvalue weighted by atomic mass is 9.95. The molecular weight excluding hydrogens is 230 g/mol. The van der Waals surface area contributed by atoms with Gasteiger partial charge >= 0.3 is 5.97 Å². The van der Waals surface area contributed by atoms with E-state index in [0.717, 1.165) is 24.5 Å². The van der Waals surface area contributed by atoms with Crippen LogP contribution in [0.25, 0.3) is 0 Å². The van der Waals surface area contributed by atoms with Crippen LogP contribution < -0.4 is 0 Å². The molecule has 18 heavy (non-hydrogen) atoms. The fourth-order valence-electron chi connectivity index (χ4n) is 3.13. The van der Waals surface area contributed by atoms with E-state index in [9.17, 15) is 9.90 Å². The number of hydrogen-bond donors (Lipinski definition) is 1. The fraction of sp³-hybridized carbons (Fsp3) is 0.769. The molecule has 1 saturated carbocycles. The van der Waals surface area contributed by atoms with E-state index in [1.807, 2.05) is 6.92 Å². The quantitative estimate of drug-likeness (QED) is 0.895. The predicted molar refractivity (Wildman–Crippen MR) is 67.4 cm³/mol. The average molecular weight is 251 g/mol. The van der Waals surface area contributed by atoms with E-state index in [1.165, 1.54) is 0 Å². The van der Waals surface area contributed by atoms with Gasteiger partial charge in [-0.2, -0.15) is 0 Å². The number of rotatable bonds is 3. The van der Waals surface area contributed by atoms with Crippen molar-refractivity contribution in [3.63, 3.8) is 0 Å². The van der Waals surface area contributed by atoms with Crippen molar-refractivity contribution in [3.05, 3.63) is 11.6 Å². The van der Waals surface area contributed by atoms with Crippen LogP contribution in [0.3, 0.4) is 0 Å². The van der Waals surface area contributed by atoms with Gasteiger partial charge in [0.25, 0.3) is 0 Å². The Hall–Kier alpha value is -1.39. The molecule has 0 aromatic carbocycles. The topological polar surface area (TPSA) is 68.0 Å². The van der Waals surface area contributed by atoms with Crippen molar-refractivity contribution in [2.45, 2.75) is 52.5 Å². The lowest BCUT2D eigenvalue weighted by Crippen LogP contribution is -2.21. The second-order valence-electron chi connectivity index (χ2n) is 5.70. The van der Waals surface area contributed by atoms with Crippen LogP contribution in [0.1, 0.15) is 57.2 Å². The molecule has 0 bridgehead atoms. The van der Waals surface area contributed by atoms with Crippen LogP contribution in [0, 0.1) is 18.8 Å². The standard InChI is InChI=1S/C13H21N3O2/c1-7(2)16-9(4)14-15-12(16)10-5-8(3)6-11(10)13(17)18/h7-8,10-11H,5-6H2,1-4H3,(H,17,18). The van der Waals surface area contributed by atoms with E-state index in [2.05, 4.69) is 35.5 Å². The minimum Gasteiger partial charge on any atom is -0.481 e. The van der Waals surface area contributed by atoms with Gasteiger partial charge in [0.15, 0.2) is 0 Å². The first-order valence-corrected chi connectivity index (χ1v) is 6.56. The van der Waals surface area contributed by atoms with Crippen molar-refractivity contribution in [1.29, 1.82) is 0 Å². The Labute approximate surface area is 107 Å². The summed E-state index contributed by atoms with van der Waals surface area (Å²) < 4.78 is 2.07. The molecule has 0 saturated heterocycles. The maximum atomic E-state index is 11.4. The van der Waals surface area contributed by atoms with E-state index >= 15 is 0 Å². The number of nitrogens with zero attached hydrogens (tertiary/aromatic N) is 3. The van der Waals surface area contributed by atoms with Gasteiger partial charge in [0.2, 0.25) is 0 Å². The monoisotopic (exact) mass is 251 g/mol. The van der Waals surface area contributed by atoms with Crippen LogP contribution in [-0.2, 0) is 4.79 Å². The molecular formula is C13H21N3O2. The molecule has 0 amide bonds. The summed E-state index contributed by atoms with van der Waals surface area (Å²) in [4.78, 5) is 11.4. The summed E-state index contributed by atoms with van der Waals surface area (Å²) in [6.07, 6.45) is 1.63. The molecule has 1 fully saturated rings. The van der Waals surface area contributed by atoms with Gasteiger partial charge in [-0.1, -0.05) is 6.92 Å². The maximum Gasteiger partial charge on any atom is 0.307 e. The lowest BCUT2D eigenvalue weighted by molar-refractivity contribution is -0.142. The van der Waals surface area contributed by atoms with Crippen molar-refractivity contribution in [1.82, 2.24) is 14.8 Å². The summed E-state index contributed by atoms with van der Waals surface area (Å²) in [6, 6.07) is 0.264. The van der Waals surface area contributed by atoms with Gasteiger partial charge in [-0.25, -0.2) is 0 Å². The lowest BCUT2D eigenvalue weighted by Gasteiger charge is -2.19. The van der Waals surface area contributed by atoms with Crippen LogP contribution >= 0.6 is 0 Å². The van der Waals surface area contributed by atoms with E-state index in [0.29, 0.717) is 5.92 Å². The van der Waals surface area contributed by atoms with E-state index in [4.69, 9.17) is 0 Å². The second-order valence-corrected chi connectivity index (χ2v) is 5.70. The molecule has 0 radical (unpaired) electrons. The van der Waals surface area contributed by atoms with Crippen molar-refractivity contribution < 1.29 is 9.90 Å². The van der Waals surface area contributed by atoms with Crippen LogP contribution in [0.15, 0.2) is 0 Å². The zero-order chi connectivity index (χ0) is 13.4. The SMILES string of the molecule is Cc1nnc(C2CC(C)CC2C(=O)O)n1C(C)C. The van der Waals surface area contributed by atoms with Crippen LogP contribution in [0.5, 0.6) is 0 Å². The highest BCUT2D eigenvalue weighted by atomic mass is 16.4. The first kappa shape index (κ1) is 13.1. The zero-order valence-electron chi connectivity index (χ0n) is 11.4. The number of hydrogen-bond acceptors (Lipinski definition) is 3. The molecule has 5 nitrogen and oxygen atoms in total. The first-order valence-electron chi connectivity index (χ1n) is 6.56. The van der Waals surface area contributed by atoms with Crippen molar-refractivity contribution in [3.8, 4) is 0 Å². The molecule has 100 valence electrons. The summed E-state index contributed by atoms with van der Waals surface area (Å²) in [5.41, 5.74) is 0. The number of carboxylic acids is 1. The third kappa shape index (κ3) is 2.13. The van der Waals surface area contributed by atoms with Gasteiger partial charge in [0, 0.05) is 12.0 Å². The number of aryl methyl sites for hydroxylation is 1. The largest absolute Gasteiger partial charge is 0.481 e. The van der Waals surface area contributed by atoms with E-state index < -0.39 is 5.97 Å². The molecule has 3 atom stereocenters. The highest BCUT2D eigenvalue weighted by Crippen LogP contribution is 2.43. The van der Waals surface area contributed by atoms with Gasteiger partial charge in [-0.05, 0) is 39.5 Å². The van der Waals surface area contributed by atoms with Gasteiger partial charge in [-0.15, -0.1) is 10.2 Å². The van der Waals surface area contributed by atoms with Gasteiger partial charge in [-0.3, -0.25) is 4.79 Å². The number of carboxylic acid groups (broad SMARTS) is 1. The van der Waals surface area contributed by atoms with Crippen LogP contribution in [0.4, 0.5) is 0 Å². The highest BCUT2D eigenvalue weighted by molar-refractivity contribution is 5.71. The Balaban J connectivity index is 2.39. The Morgan fingerprint density at radius 3 is 2.61 bits per heavy atom. The molecule has 1 aliphatic rings. The Morgan fingerprint density at radius 2 is 2.06 bits per heavy atom. The summed E-state index contributed by atoms with van der Waals surface area (Å²) in [5, 5.41) is 17.7. The third-order valence-electron chi connectivity index (χ3n) is 3.86. The number of aromatic nitrogens is 3. The summed E-state index contributed by atoms with van der Waals surface area (Å²) >= 11 is 0. The highest BCUT2D eigenvalue weighted by Gasteiger charge is 2.40. The van der Waals surface area contributed by atoms with Crippen molar-refractivity contribution >= 4 is 5.97 Å². The molecule has 1 N–H and O–H groups in total. The van der Waals surface area contributed by atoms with Gasteiger partial charge in [0.1, 0.15) is 11.6 Å². The van der Waals surface area contributed by atoms with Crippen molar-refractivity contribution in [2.75, 3.05) is 0 Å². The van der Waals surface area contributed by atoms with E-state index in [-0.39, 0.29) is 17.9 Å².